The molecule has 0 bridgehead atoms. The van der Waals surface area contributed by atoms with Gasteiger partial charge in [0.1, 0.15) is 12.4 Å². The number of anilines is 1. The first kappa shape index (κ1) is 21.6. The van der Waals surface area contributed by atoms with Crippen LogP contribution in [-0.4, -0.2) is 44.1 Å². The summed E-state index contributed by atoms with van der Waals surface area (Å²) < 4.78 is 16.7. The van der Waals surface area contributed by atoms with Gasteiger partial charge >= 0.3 is 6.09 Å². The Labute approximate surface area is 175 Å². The highest BCUT2D eigenvalue weighted by molar-refractivity contribution is 6.02. The maximum absolute atomic E-state index is 12.7. The summed E-state index contributed by atoms with van der Waals surface area (Å²) in [5.41, 5.74) is 1.36. The molecule has 0 saturated carbocycles. The number of amides is 2. The molecule has 0 spiro atoms. The van der Waals surface area contributed by atoms with Crippen molar-refractivity contribution in [3.63, 3.8) is 0 Å². The summed E-state index contributed by atoms with van der Waals surface area (Å²) in [7, 11) is 2.87. The second-order valence-corrected chi connectivity index (χ2v) is 6.79. The molecule has 1 atom stereocenters. The number of rotatable bonds is 7. The topological polar surface area (TPSA) is 86.3 Å². The van der Waals surface area contributed by atoms with Crippen molar-refractivity contribution in [1.82, 2.24) is 5.06 Å². The third-order valence-electron chi connectivity index (χ3n) is 4.64. The Kier molecular flexibility index (Phi) is 7.64. The molecule has 2 aromatic carbocycles. The molecule has 8 heteroatoms. The standard InChI is InChI=1S/C22H26N2O6/c1-24(27-2)21(25)18-14-17(30-20-10-6-7-13-28-20)11-12-19(18)23-22(26)29-15-16-8-4-3-5-9-16/h3-5,8-9,11-12,14,20H,6-7,10,13,15H2,1-2H3,(H,23,26). The SMILES string of the molecule is CON(C)C(=O)c1cc(OC2CCCCO2)ccc1NC(=O)OCc1ccccc1. The number of nitrogens with zero attached hydrogens (tertiary/aromatic N) is 1. The van der Waals surface area contributed by atoms with Gasteiger partial charge in [0, 0.05) is 13.5 Å². The van der Waals surface area contributed by atoms with E-state index in [2.05, 4.69) is 5.32 Å². The van der Waals surface area contributed by atoms with E-state index in [1.54, 1.807) is 18.2 Å². The molecule has 1 aliphatic rings. The largest absolute Gasteiger partial charge is 0.465 e. The van der Waals surface area contributed by atoms with Crippen LogP contribution in [0, 0.1) is 0 Å². The Morgan fingerprint density at radius 3 is 2.67 bits per heavy atom. The third kappa shape index (κ3) is 5.95. The second kappa shape index (κ2) is 10.6. The van der Waals surface area contributed by atoms with Crippen molar-refractivity contribution in [2.24, 2.45) is 0 Å². The summed E-state index contributed by atoms with van der Waals surface area (Å²) in [6, 6.07) is 14.2. The van der Waals surface area contributed by atoms with Crippen molar-refractivity contribution in [2.45, 2.75) is 32.2 Å². The molecule has 0 radical (unpaired) electrons. The fourth-order valence-electron chi connectivity index (χ4n) is 2.96. The van der Waals surface area contributed by atoms with Crippen molar-refractivity contribution < 1.29 is 28.6 Å². The fourth-order valence-corrected chi connectivity index (χ4v) is 2.96. The normalized spacial score (nSPS) is 15.9. The Morgan fingerprint density at radius 1 is 1.17 bits per heavy atom. The first-order chi connectivity index (χ1) is 14.6. The average molecular weight is 414 g/mol. The summed E-state index contributed by atoms with van der Waals surface area (Å²) in [5.74, 6) is 0.0313. The number of hydrogen-bond donors (Lipinski definition) is 1. The van der Waals surface area contributed by atoms with Gasteiger partial charge in [-0.15, -0.1) is 0 Å². The smallest absolute Gasteiger partial charge is 0.411 e. The zero-order valence-corrected chi connectivity index (χ0v) is 17.1. The van der Waals surface area contributed by atoms with Crippen LogP contribution in [0.3, 0.4) is 0 Å². The molecule has 8 nitrogen and oxygen atoms in total. The Bertz CT molecular complexity index is 852. The van der Waals surface area contributed by atoms with Crippen LogP contribution < -0.4 is 10.1 Å². The number of hydroxylamine groups is 2. The zero-order valence-electron chi connectivity index (χ0n) is 17.1. The van der Waals surface area contributed by atoms with Crippen molar-refractivity contribution in [3.05, 3.63) is 59.7 Å². The number of carbonyl (C=O) groups excluding carboxylic acids is 2. The van der Waals surface area contributed by atoms with Gasteiger partial charge in [-0.2, -0.15) is 0 Å². The van der Waals surface area contributed by atoms with Crippen LogP contribution >= 0.6 is 0 Å². The van der Waals surface area contributed by atoms with Gasteiger partial charge < -0.3 is 14.2 Å². The number of carbonyl (C=O) groups is 2. The molecule has 1 fully saturated rings. The molecule has 2 aromatic rings. The van der Waals surface area contributed by atoms with Gasteiger partial charge in [0.25, 0.3) is 5.91 Å². The van der Waals surface area contributed by atoms with E-state index in [0.29, 0.717) is 18.0 Å². The number of benzene rings is 2. The molecule has 2 amide bonds. The molecule has 160 valence electrons. The van der Waals surface area contributed by atoms with Gasteiger partial charge in [-0.3, -0.25) is 14.9 Å². The van der Waals surface area contributed by atoms with E-state index in [4.69, 9.17) is 19.0 Å². The number of ether oxygens (including phenoxy) is 3. The minimum Gasteiger partial charge on any atom is -0.465 e. The number of nitrogens with one attached hydrogen (secondary N) is 1. The highest BCUT2D eigenvalue weighted by Gasteiger charge is 2.21. The first-order valence-corrected chi connectivity index (χ1v) is 9.79. The second-order valence-electron chi connectivity index (χ2n) is 6.79. The van der Waals surface area contributed by atoms with Gasteiger partial charge in [-0.1, -0.05) is 30.3 Å². The molecule has 1 N–H and O–H groups in total. The maximum atomic E-state index is 12.7. The summed E-state index contributed by atoms with van der Waals surface area (Å²) in [6.07, 6.45) is 1.80. The van der Waals surface area contributed by atoms with Crippen LogP contribution in [0.5, 0.6) is 5.75 Å². The minimum atomic E-state index is -0.669. The fraction of sp³-hybridized carbons (Fsp3) is 0.364. The lowest BCUT2D eigenvalue weighted by Gasteiger charge is -2.24. The summed E-state index contributed by atoms with van der Waals surface area (Å²) in [6.45, 7) is 0.768. The van der Waals surface area contributed by atoms with Crippen LogP contribution in [0.2, 0.25) is 0 Å². The molecule has 0 aromatic heterocycles. The van der Waals surface area contributed by atoms with Crippen LogP contribution in [0.15, 0.2) is 48.5 Å². The highest BCUT2D eigenvalue weighted by atomic mass is 16.7. The molecule has 1 aliphatic heterocycles. The Balaban J connectivity index is 1.72. The predicted octanol–water partition coefficient (Wildman–Crippen LogP) is 3.97. The van der Waals surface area contributed by atoms with E-state index in [0.717, 1.165) is 29.9 Å². The van der Waals surface area contributed by atoms with Gasteiger partial charge in [0.2, 0.25) is 0 Å². The molecular weight excluding hydrogens is 388 g/mol. The minimum absolute atomic E-state index is 0.119. The molecule has 1 unspecified atom stereocenters. The van der Waals surface area contributed by atoms with Crippen molar-refractivity contribution in [2.75, 3.05) is 26.1 Å². The lowest BCUT2D eigenvalue weighted by atomic mass is 10.1. The summed E-state index contributed by atoms with van der Waals surface area (Å²) >= 11 is 0. The van der Waals surface area contributed by atoms with E-state index < -0.39 is 12.0 Å². The van der Waals surface area contributed by atoms with Gasteiger partial charge in [0.05, 0.1) is 25.0 Å². The molecule has 1 heterocycles. The summed E-state index contributed by atoms with van der Waals surface area (Å²) in [4.78, 5) is 30.0. The van der Waals surface area contributed by atoms with Gasteiger partial charge in [-0.05, 0) is 36.6 Å². The predicted molar refractivity (Wildman–Crippen MR) is 110 cm³/mol. The van der Waals surface area contributed by atoms with Crippen molar-refractivity contribution in [3.8, 4) is 5.75 Å². The quantitative estimate of drug-likeness (QED) is 0.690. The van der Waals surface area contributed by atoms with E-state index in [1.165, 1.54) is 14.2 Å². The lowest BCUT2D eigenvalue weighted by molar-refractivity contribution is -0.106. The first-order valence-electron chi connectivity index (χ1n) is 9.79. The molecule has 1 saturated heterocycles. The third-order valence-corrected chi connectivity index (χ3v) is 4.64. The monoisotopic (exact) mass is 414 g/mol. The number of hydrogen-bond acceptors (Lipinski definition) is 6. The zero-order chi connectivity index (χ0) is 21.3. The van der Waals surface area contributed by atoms with Gasteiger partial charge in [0.15, 0.2) is 6.29 Å². The van der Waals surface area contributed by atoms with E-state index in [1.807, 2.05) is 30.3 Å². The van der Waals surface area contributed by atoms with Crippen LogP contribution in [0.4, 0.5) is 10.5 Å². The van der Waals surface area contributed by atoms with Crippen molar-refractivity contribution >= 4 is 17.7 Å². The Hall–Kier alpha value is -3.10. The van der Waals surface area contributed by atoms with Gasteiger partial charge in [-0.25, -0.2) is 9.86 Å². The van der Waals surface area contributed by atoms with E-state index in [9.17, 15) is 9.59 Å². The van der Waals surface area contributed by atoms with Crippen LogP contribution in [-0.2, 0) is 20.9 Å². The molecule has 30 heavy (non-hydrogen) atoms. The molecular formula is C22H26N2O6. The van der Waals surface area contributed by atoms with Crippen LogP contribution in [0.1, 0.15) is 35.2 Å². The lowest BCUT2D eigenvalue weighted by Crippen LogP contribution is -2.28. The van der Waals surface area contributed by atoms with E-state index in [-0.39, 0.29) is 18.5 Å². The van der Waals surface area contributed by atoms with E-state index >= 15 is 0 Å². The summed E-state index contributed by atoms with van der Waals surface area (Å²) in [5, 5.41) is 3.69. The van der Waals surface area contributed by atoms with Crippen LogP contribution in [0.25, 0.3) is 0 Å². The molecule has 0 aliphatic carbocycles. The maximum Gasteiger partial charge on any atom is 0.411 e. The average Bonchev–Trinajstić information content (AvgIpc) is 2.79. The highest BCUT2D eigenvalue weighted by Crippen LogP contribution is 2.26. The Morgan fingerprint density at radius 2 is 1.97 bits per heavy atom. The van der Waals surface area contributed by atoms with Crippen molar-refractivity contribution in [1.29, 1.82) is 0 Å². The molecule has 3 rings (SSSR count).